The van der Waals surface area contributed by atoms with Crippen molar-refractivity contribution in [2.24, 2.45) is 0 Å². The number of ether oxygens (including phenoxy) is 3. The maximum atomic E-state index is 12.0. The number of esters is 1. The summed E-state index contributed by atoms with van der Waals surface area (Å²) >= 11 is 0. The standard InChI is InChI=1S/C17H18N2O6/c1-11-9-19(17(22)18-15(11)20)13-7-8-23-14(25-13)10-24-16(21)12-5-3-2-4-6-12/h2-6,9,13-14H,7-8,10H2,1H3,(H,18,20,22)/t13-,14-/m0/s1. The van der Waals surface area contributed by atoms with Gasteiger partial charge in [-0.3, -0.25) is 14.3 Å². The third-order valence-electron chi connectivity index (χ3n) is 3.79. The van der Waals surface area contributed by atoms with E-state index in [2.05, 4.69) is 4.98 Å². The minimum absolute atomic E-state index is 0.0959. The van der Waals surface area contributed by atoms with E-state index in [0.29, 0.717) is 24.2 Å². The molecule has 1 aromatic carbocycles. The summed E-state index contributed by atoms with van der Waals surface area (Å²) in [5.41, 5.74) is -0.145. The van der Waals surface area contributed by atoms with Crippen LogP contribution in [-0.2, 0) is 14.2 Å². The van der Waals surface area contributed by atoms with Gasteiger partial charge in [0.2, 0.25) is 0 Å². The van der Waals surface area contributed by atoms with Crippen molar-refractivity contribution in [1.82, 2.24) is 9.55 Å². The zero-order chi connectivity index (χ0) is 17.8. The van der Waals surface area contributed by atoms with Crippen LogP contribution in [0.4, 0.5) is 0 Å². The number of aromatic amines is 1. The van der Waals surface area contributed by atoms with Crippen LogP contribution in [0.3, 0.4) is 0 Å². The molecular formula is C17H18N2O6. The second-order valence-electron chi connectivity index (χ2n) is 5.62. The first-order valence-electron chi connectivity index (χ1n) is 7.86. The molecule has 132 valence electrons. The maximum Gasteiger partial charge on any atom is 0.338 e. The fourth-order valence-electron chi connectivity index (χ4n) is 2.48. The van der Waals surface area contributed by atoms with Gasteiger partial charge in [-0.25, -0.2) is 9.59 Å². The van der Waals surface area contributed by atoms with Crippen molar-refractivity contribution < 1.29 is 19.0 Å². The van der Waals surface area contributed by atoms with Gasteiger partial charge in [-0.1, -0.05) is 18.2 Å². The molecule has 2 heterocycles. The molecule has 2 aromatic rings. The number of carbonyl (C=O) groups is 1. The lowest BCUT2D eigenvalue weighted by Gasteiger charge is -2.30. The predicted molar refractivity (Wildman–Crippen MR) is 87.3 cm³/mol. The highest BCUT2D eigenvalue weighted by Crippen LogP contribution is 2.20. The summed E-state index contributed by atoms with van der Waals surface area (Å²) in [7, 11) is 0. The fourth-order valence-corrected chi connectivity index (χ4v) is 2.48. The van der Waals surface area contributed by atoms with Crippen LogP contribution in [0.5, 0.6) is 0 Å². The minimum atomic E-state index is -0.787. The summed E-state index contributed by atoms with van der Waals surface area (Å²) in [5.74, 6) is -0.480. The number of hydrogen-bond acceptors (Lipinski definition) is 6. The molecule has 2 atom stereocenters. The highest BCUT2D eigenvalue weighted by Gasteiger charge is 2.26. The smallest absolute Gasteiger partial charge is 0.338 e. The molecule has 0 saturated carbocycles. The van der Waals surface area contributed by atoms with E-state index in [4.69, 9.17) is 14.2 Å². The molecule has 0 bridgehead atoms. The van der Waals surface area contributed by atoms with Crippen molar-refractivity contribution in [2.45, 2.75) is 25.9 Å². The number of nitrogens with one attached hydrogen (secondary N) is 1. The Bertz CT molecular complexity index is 857. The van der Waals surface area contributed by atoms with Gasteiger partial charge in [-0.05, 0) is 19.1 Å². The van der Waals surface area contributed by atoms with E-state index in [9.17, 15) is 14.4 Å². The molecule has 3 rings (SSSR count). The molecule has 1 saturated heterocycles. The van der Waals surface area contributed by atoms with E-state index in [1.165, 1.54) is 10.8 Å². The quantitative estimate of drug-likeness (QED) is 0.828. The molecule has 0 amide bonds. The van der Waals surface area contributed by atoms with Crippen LogP contribution < -0.4 is 11.2 Å². The summed E-state index contributed by atoms with van der Waals surface area (Å²) in [6, 6.07) is 8.59. The topological polar surface area (TPSA) is 99.6 Å². The van der Waals surface area contributed by atoms with Gasteiger partial charge in [-0.15, -0.1) is 0 Å². The predicted octanol–water partition coefficient (Wildman–Crippen LogP) is 0.964. The van der Waals surface area contributed by atoms with Crippen LogP contribution in [0.15, 0.2) is 46.1 Å². The van der Waals surface area contributed by atoms with E-state index in [1.54, 1.807) is 37.3 Å². The zero-order valence-electron chi connectivity index (χ0n) is 13.6. The van der Waals surface area contributed by atoms with Gasteiger partial charge >= 0.3 is 11.7 Å². The lowest BCUT2D eigenvalue weighted by Crippen LogP contribution is -2.40. The van der Waals surface area contributed by atoms with Crippen molar-refractivity contribution in [2.75, 3.05) is 13.2 Å². The van der Waals surface area contributed by atoms with E-state index in [0.717, 1.165) is 0 Å². The average Bonchev–Trinajstić information content (AvgIpc) is 2.63. The summed E-state index contributed by atoms with van der Waals surface area (Å²) < 4.78 is 17.6. The van der Waals surface area contributed by atoms with Gasteiger partial charge in [0.05, 0.1) is 12.2 Å². The van der Waals surface area contributed by atoms with Crippen LogP contribution in [0.2, 0.25) is 0 Å². The normalized spacial score (nSPS) is 20.2. The van der Waals surface area contributed by atoms with Gasteiger partial charge < -0.3 is 14.2 Å². The summed E-state index contributed by atoms with van der Waals surface area (Å²) in [5, 5.41) is 0. The van der Waals surface area contributed by atoms with Crippen LogP contribution in [-0.4, -0.2) is 35.0 Å². The van der Waals surface area contributed by atoms with Crippen LogP contribution in [0, 0.1) is 6.92 Å². The average molecular weight is 346 g/mol. The Balaban J connectivity index is 1.64. The third kappa shape index (κ3) is 4.04. The number of rotatable bonds is 4. The molecule has 8 heteroatoms. The lowest BCUT2D eigenvalue weighted by atomic mass is 10.2. The first-order valence-corrected chi connectivity index (χ1v) is 7.86. The van der Waals surface area contributed by atoms with E-state index in [1.807, 2.05) is 0 Å². The molecule has 1 aliphatic heterocycles. The molecule has 1 N–H and O–H groups in total. The number of hydrogen-bond donors (Lipinski definition) is 1. The Kier molecular flexibility index (Phi) is 5.11. The van der Waals surface area contributed by atoms with Crippen molar-refractivity contribution in [3.8, 4) is 0 Å². The van der Waals surface area contributed by atoms with Gasteiger partial charge in [0.15, 0.2) is 6.29 Å². The van der Waals surface area contributed by atoms with Crippen molar-refractivity contribution >= 4 is 5.97 Å². The first-order chi connectivity index (χ1) is 12.0. The molecule has 0 spiro atoms. The minimum Gasteiger partial charge on any atom is -0.457 e. The van der Waals surface area contributed by atoms with Crippen LogP contribution in [0.25, 0.3) is 0 Å². The Morgan fingerprint density at radius 3 is 2.84 bits per heavy atom. The van der Waals surface area contributed by atoms with Crippen LogP contribution >= 0.6 is 0 Å². The van der Waals surface area contributed by atoms with E-state index < -0.39 is 29.7 Å². The van der Waals surface area contributed by atoms with Crippen molar-refractivity contribution in [3.63, 3.8) is 0 Å². The maximum absolute atomic E-state index is 12.0. The number of aryl methyl sites for hydroxylation is 1. The van der Waals surface area contributed by atoms with Crippen molar-refractivity contribution in [3.05, 3.63) is 68.5 Å². The Morgan fingerprint density at radius 1 is 1.32 bits per heavy atom. The monoisotopic (exact) mass is 346 g/mol. The Hall–Kier alpha value is -2.71. The highest BCUT2D eigenvalue weighted by molar-refractivity contribution is 5.89. The van der Waals surface area contributed by atoms with Crippen molar-refractivity contribution in [1.29, 1.82) is 0 Å². The third-order valence-corrected chi connectivity index (χ3v) is 3.79. The lowest BCUT2D eigenvalue weighted by molar-refractivity contribution is -0.246. The van der Waals surface area contributed by atoms with Crippen LogP contribution in [0.1, 0.15) is 28.6 Å². The number of H-pyrrole nitrogens is 1. The Morgan fingerprint density at radius 2 is 2.08 bits per heavy atom. The van der Waals surface area contributed by atoms with Gasteiger partial charge in [0.1, 0.15) is 12.8 Å². The Labute approximate surface area is 143 Å². The SMILES string of the molecule is Cc1cn([C@@H]2CCO[C@H](COC(=O)c3ccccc3)O2)c(=O)[nH]c1=O. The second kappa shape index (κ2) is 7.45. The highest BCUT2D eigenvalue weighted by atomic mass is 16.7. The fraction of sp³-hybridized carbons (Fsp3) is 0.353. The second-order valence-corrected chi connectivity index (χ2v) is 5.62. The zero-order valence-corrected chi connectivity index (χ0v) is 13.6. The first kappa shape index (κ1) is 17.1. The van der Waals surface area contributed by atoms with E-state index >= 15 is 0 Å². The summed E-state index contributed by atoms with van der Waals surface area (Å²) in [4.78, 5) is 37.6. The molecule has 1 fully saturated rings. The molecule has 0 unspecified atom stereocenters. The number of carbonyl (C=O) groups excluding carboxylic acids is 1. The number of aromatic nitrogens is 2. The number of nitrogens with zero attached hydrogens (tertiary/aromatic N) is 1. The number of benzene rings is 1. The molecule has 8 nitrogen and oxygen atoms in total. The molecular weight excluding hydrogens is 328 g/mol. The molecule has 1 aromatic heterocycles. The van der Waals surface area contributed by atoms with Gasteiger partial charge in [-0.2, -0.15) is 0 Å². The molecule has 0 aliphatic carbocycles. The summed E-state index contributed by atoms with van der Waals surface area (Å²) in [6.45, 7) is 1.84. The van der Waals surface area contributed by atoms with E-state index in [-0.39, 0.29) is 6.61 Å². The molecule has 1 aliphatic rings. The molecule has 25 heavy (non-hydrogen) atoms. The summed E-state index contributed by atoms with van der Waals surface area (Å²) in [6.07, 6.45) is 0.501. The molecule has 0 radical (unpaired) electrons. The largest absolute Gasteiger partial charge is 0.457 e. The van der Waals surface area contributed by atoms with Gasteiger partial charge in [0.25, 0.3) is 5.56 Å². The van der Waals surface area contributed by atoms with Gasteiger partial charge in [0, 0.05) is 18.2 Å².